The smallest absolute Gasteiger partial charge is 0.273 e. The molecule has 1 aromatic rings. The third-order valence-corrected chi connectivity index (χ3v) is 1.59. The minimum Gasteiger partial charge on any atom is -0.396 e. The van der Waals surface area contributed by atoms with E-state index in [-0.39, 0.29) is 24.2 Å². The number of H-pyrrole nitrogens is 1. The second-order valence-electron chi connectivity index (χ2n) is 2.74. The van der Waals surface area contributed by atoms with Gasteiger partial charge in [-0.3, -0.25) is 4.79 Å². The molecule has 13 heavy (non-hydrogen) atoms. The molecular formula is C7H12N4O2. The van der Waals surface area contributed by atoms with Gasteiger partial charge in [0.25, 0.3) is 5.91 Å². The van der Waals surface area contributed by atoms with Crippen LogP contribution in [0.4, 0.5) is 0 Å². The van der Waals surface area contributed by atoms with Crippen molar-refractivity contribution in [2.45, 2.75) is 19.4 Å². The molecule has 0 spiro atoms. The van der Waals surface area contributed by atoms with Crippen LogP contribution in [0.15, 0.2) is 6.20 Å². The summed E-state index contributed by atoms with van der Waals surface area (Å²) in [5.41, 5.74) is 0.254. The van der Waals surface area contributed by atoms with Gasteiger partial charge < -0.3 is 10.4 Å². The van der Waals surface area contributed by atoms with Crippen molar-refractivity contribution in [1.82, 2.24) is 20.7 Å². The summed E-state index contributed by atoms with van der Waals surface area (Å²) < 4.78 is 0. The van der Waals surface area contributed by atoms with E-state index in [9.17, 15) is 4.79 Å². The Hall–Kier alpha value is -1.43. The van der Waals surface area contributed by atoms with Crippen LogP contribution < -0.4 is 5.32 Å². The molecule has 0 saturated carbocycles. The lowest BCUT2D eigenvalue weighted by atomic mass is 10.2. The van der Waals surface area contributed by atoms with Crippen molar-refractivity contribution in [2.75, 3.05) is 6.61 Å². The predicted octanol–water partition coefficient (Wildman–Crippen LogP) is -0.695. The van der Waals surface area contributed by atoms with Gasteiger partial charge in [0, 0.05) is 12.6 Å². The van der Waals surface area contributed by atoms with Gasteiger partial charge >= 0.3 is 0 Å². The normalized spacial score (nSPS) is 12.5. The molecule has 1 aromatic heterocycles. The summed E-state index contributed by atoms with van der Waals surface area (Å²) in [6.45, 7) is 1.87. The Morgan fingerprint density at radius 2 is 2.62 bits per heavy atom. The van der Waals surface area contributed by atoms with Crippen molar-refractivity contribution in [2.24, 2.45) is 0 Å². The van der Waals surface area contributed by atoms with E-state index in [2.05, 4.69) is 20.7 Å². The molecule has 1 atom stereocenters. The Morgan fingerprint density at radius 1 is 1.85 bits per heavy atom. The Labute approximate surface area is 75.3 Å². The van der Waals surface area contributed by atoms with Crippen LogP contribution in [0, 0.1) is 0 Å². The molecule has 0 saturated heterocycles. The van der Waals surface area contributed by atoms with Crippen LogP contribution in [0.5, 0.6) is 0 Å². The first-order valence-electron chi connectivity index (χ1n) is 4.01. The average Bonchev–Trinajstić information content (AvgIpc) is 2.55. The largest absolute Gasteiger partial charge is 0.396 e. The Morgan fingerprint density at radius 3 is 3.15 bits per heavy atom. The van der Waals surface area contributed by atoms with Crippen molar-refractivity contribution in [3.63, 3.8) is 0 Å². The second kappa shape index (κ2) is 4.56. The lowest BCUT2D eigenvalue weighted by Crippen LogP contribution is -2.33. The van der Waals surface area contributed by atoms with Crippen molar-refractivity contribution >= 4 is 5.91 Å². The Bertz CT molecular complexity index is 259. The monoisotopic (exact) mass is 184 g/mol. The van der Waals surface area contributed by atoms with E-state index in [0.717, 1.165) is 0 Å². The molecule has 1 amide bonds. The van der Waals surface area contributed by atoms with Crippen LogP contribution in [0.25, 0.3) is 0 Å². The third-order valence-electron chi connectivity index (χ3n) is 1.59. The summed E-state index contributed by atoms with van der Waals surface area (Å²) in [5, 5.41) is 20.7. The second-order valence-corrected chi connectivity index (χ2v) is 2.74. The van der Waals surface area contributed by atoms with Gasteiger partial charge in [-0.2, -0.15) is 15.4 Å². The van der Waals surface area contributed by atoms with Crippen LogP contribution in [0.2, 0.25) is 0 Å². The number of hydrogen-bond donors (Lipinski definition) is 3. The topological polar surface area (TPSA) is 90.9 Å². The van der Waals surface area contributed by atoms with Crippen LogP contribution in [-0.2, 0) is 0 Å². The van der Waals surface area contributed by atoms with E-state index in [0.29, 0.717) is 6.42 Å². The molecule has 0 aromatic carbocycles. The third kappa shape index (κ3) is 2.83. The van der Waals surface area contributed by atoms with Gasteiger partial charge in [0.1, 0.15) is 0 Å². The summed E-state index contributed by atoms with van der Waals surface area (Å²) in [7, 11) is 0. The van der Waals surface area contributed by atoms with Crippen molar-refractivity contribution in [3.8, 4) is 0 Å². The summed E-state index contributed by atoms with van der Waals surface area (Å²) >= 11 is 0. The fraction of sp³-hybridized carbons (Fsp3) is 0.571. The van der Waals surface area contributed by atoms with E-state index in [1.54, 1.807) is 0 Å². The number of carbonyl (C=O) groups is 1. The minimum atomic E-state index is -0.283. The van der Waals surface area contributed by atoms with Crippen LogP contribution in [-0.4, -0.2) is 39.1 Å². The van der Waals surface area contributed by atoms with E-state index in [1.165, 1.54) is 6.20 Å². The van der Waals surface area contributed by atoms with Gasteiger partial charge in [-0.15, -0.1) is 0 Å². The molecule has 0 aliphatic heterocycles. The lowest BCUT2D eigenvalue weighted by Gasteiger charge is -2.10. The Balaban J connectivity index is 2.42. The van der Waals surface area contributed by atoms with Crippen LogP contribution in [0.1, 0.15) is 23.8 Å². The molecule has 3 N–H and O–H groups in total. The average molecular weight is 184 g/mol. The van der Waals surface area contributed by atoms with E-state index in [1.807, 2.05) is 6.92 Å². The number of hydrogen-bond acceptors (Lipinski definition) is 4. The molecule has 0 fully saturated rings. The predicted molar refractivity (Wildman–Crippen MR) is 45.0 cm³/mol. The lowest BCUT2D eigenvalue weighted by molar-refractivity contribution is 0.0929. The maximum absolute atomic E-state index is 11.3. The van der Waals surface area contributed by atoms with Crippen LogP contribution >= 0.6 is 0 Å². The molecule has 0 radical (unpaired) electrons. The summed E-state index contributed by atoms with van der Waals surface area (Å²) in [6, 6.07) is -0.0609. The maximum Gasteiger partial charge on any atom is 0.273 e. The van der Waals surface area contributed by atoms with E-state index < -0.39 is 0 Å². The molecule has 72 valence electrons. The molecular weight excluding hydrogens is 172 g/mol. The molecule has 1 unspecified atom stereocenters. The van der Waals surface area contributed by atoms with E-state index >= 15 is 0 Å². The molecule has 1 heterocycles. The fourth-order valence-corrected chi connectivity index (χ4v) is 0.875. The quantitative estimate of drug-likeness (QED) is 0.577. The Kier molecular flexibility index (Phi) is 3.39. The number of aliphatic hydroxyl groups is 1. The zero-order chi connectivity index (χ0) is 9.68. The highest BCUT2D eigenvalue weighted by atomic mass is 16.3. The SMILES string of the molecule is CC(CCO)NC(=O)c1cn[nH]n1. The molecule has 0 aliphatic rings. The first-order valence-corrected chi connectivity index (χ1v) is 4.01. The molecule has 6 nitrogen and oxygen atoms in total. The van der Waals surface area contributed by atoms with E-state index in [4.69, 9.17) is 5.11 Å². The number of nitrogens with one attached hydrogen (secondary N) is 2. The highest BCUT2D eigenvalue weighted by Crippen LogP contribution is 1.93. The van der Waals surface area contributed by atoms with Gasteiger partial charge in [-0.05, 0) is 13.3 Å². The molecule has 0 aliphatic carbocycles. The molecule has 0 bridgehead atoms. The van der Waals surface area contributed by atoms with Crippen molar-refractivity contribution in [3.05, 3.63) is 11.9 Å². The number of amides is 1. The van der Waals surface area contributed by atoms with Gasteiger partial charge in [-0.1, -0.05) is 0 Å². The summed E-state index contributed by atoms with van der Waals surface area (Å²) in [6.07, 6.45) is 1.88. The highest BCUT2D eigenvalue weighted by Gasteiger charge is 2.10. The van der Waals surface area contributed by atoms with Crippen molar-refractivity contribution < 1.29 is 9.90 Å². The number of rotatable bonds is 4. The number of carbonyl (C=O) groups excluding carboxylic acids is 1. The molecule has 6 heteroatoms. The first-order chi connectivity index (χ1) is 6.24. The standard InChI is InChI=1S/C7H12N4O2/c1-5(2-3-12)9-7(13)6-4-8-11-10-6/h4-5,12H,2-3H2,1H3,(H,9,13)(H,8,10,11). The molecule has 1 rings (SSSR count). The number of aliphatic hydroxyl groups excluding tert-OH is 1. The first kappa shape index (κ1) is 9.66. The highest BCUT2D eigenvalue weighted by molar-refractivity contribution is 5.91. The van der Waals surface area contributed by atoms with Gasteiger partial charge in [-0.25, -0.2) is 0 Å². The number of aromatic amines is 1. The number of nitrogens with zero attached hydrogens (tertiary/aromatic N) is 2. The van der Waals surface area contributed by atoms with Crippen LogP contribution in [0.3, 0.4) is 0 Å². The van der Waals surface area contributed by atoms with Crippen molar-refractivity contribution in [1.29, 1.82) is 0 Å². The zero-order valence-electron chi connectivity index (χ0n) is 7.32. The van der Waals surface area contributed by atoms with Gasteiger partial charge in [0.15, 0.2) is 5.69 Å². The minimum absolute atomic E-state index is 0.0558. The van der Waals surface area contributed by atoms with Gasteiger partial charge in [0.05, 0.1) is 6.20 Å². The zero-order valence-corrected chi connectivity index (χ0v) is 7.32. The summed E-state index contributed by atoms with van der Waals surface area (Å²) in [4.78, 5) is 11.3. The fourth-order valence-electron chi connectivity index (χ4n) is 0.875. The number of aromatic nitrogens is 3. The van der Waals surface area contributed by atoms with Gasteiger partial charge in [0.2, 0.25) is 0 Å². The maximum atomic E-state index is 11.3. The summed E-state index contributed by atoms with van der Waals surface area (Å²) in [5.74, 6) is -0.283.